The highest BCUT2D eigenvalue weighted by molar-refractivity contribution is 7.89. The maximum Gasteiger partial charge on any atom is 0.248 e. The molecule has 2 aromatic rings. The molecule has 1 amide bonds. The molecule has 0 radical (unpaired) electrons. The number of carbonyl (C=O) groups is 1. The van der Waals surface area contributed by atoms with Crippen molar-refractivity contribution in [3.8, 4) is 0 Å². The predicted molar refractivity (Wildman–Crippen MR) is 112 cm³/mol. The Balaban J connectivity index is 1.55. The smallest absolute Gasteiger partial charge is 0.248 e. The number of anilines is 1. The molecule has 0 saturated carbocycles. The van der Waals surface area contributed by atoms with Crippen LogP contribution in [0.25, 0.3) is 0 Å². The van der Waals surface area contributed by atoms with Gasteiger partial charge in [-0.1, -0.05) is 18.0 Å². The average molecular weight is 437 g/mol. The predicted octanol–water partition coefficient (Wildman–Crippen LogP) is 2.92. The summed E-state index contributed by atoms with van der Waals surface area (Å²) in [6.07, 6.45) is 3.53. The quantitative estimate of drug-likeness (QED) is 0.738. The molecule has 9 heteroatoms. The maximum absolute atomic E-state index is 12.9. The molecule has 4 rings (SSSR count). The van der Waals surface area contributed by atoms with Gasteiger partial charge in [-0.25, -0.2) is 8.42 Å². The summed E-state index contributed by atoms with van der Waals surface area (Å²) >= 11 is 6.18. The summed E-state index contributed by atoms with van der Waals surface area (Å²) in [6.45, 7) is 5.45. The molecule has 0 spiro atoms. The second kappa shape index (κ2) is 7.74. The normalized spacial score (nSPS) is 17.6. The van der Waals surface area contributed by atoms with Crippen molar-refractivity contribution in [1.82, 2.24) is 14.1 Å². The fraction of sp³-hybridized carbons (Fsp3) is 0.500. The van der Waals surface area contributed by atoms with E-state index in [1.54, 1.807) is 32.1 Å². The Morgan fingerprint density at radius 2 is 1.86 bits per heavy atom. The van der Waals surface area contributed by atoms with E-state index in [9.17, 15) is 13.2 Å². The van der Waals surface area contributed by atoms with Gasteiger partial charge in [-0.15, -0.1) is 0 Å². The Labute approximate surface area is 176 Å². The van der Waals surface area contributed by atoms with Crippen LogP contribution in [-0.2, 0) is 27.8 Å². The molecule has 7 nitrogen and oxygen atoms in total. The molecule has 1 aromatic heterocycles. The number of hydrogen-bond acceptors (Lipinski definition) is 4. The van der Waals surface area contributed by atoms with E-state index in [0.29, 0.717) is 41.7 Å². The summed E-state index contributed by atoms with van der Waals surface area (Å²) in [7, 11) is -3.48. The van der Waals surface area contributed by atoms with Crippen LogP contribution in [-0.4, -0.2) is 48.0 Å². The zero-order chi connectivity index (χ0) is 20.8. The Hall–Kier alpha value is -1.90. The van der Waals surface area contributed by atoms with Gasteiger partial charge >= 0.3 is 0 Å². The molecular formula is C20H25ClN4O3S. The summed E-state index contributed by atoms with van der Waals surface area (Å²) < 4.78 is 29.1. The Morgan fingerprint density at radius 1 is 1.14 bits per heavy atom. The number of fused-ring (bicyclic) bond motifs is 1. The second-order valence-electron chi connectivity index (χ2n) is 7.69. The number of piperidine rings is 1. The topological polar surface area (TPSA) is 75.5 Å². The van der Waals surface area contributed by atoms with Crippen molar-refractivity contribution in [2.24, 2.45) is 0 Å². The maximum atomic E-state index is 12.9. The fourth-order valence-electron chi connectivity index (χ4n) is 4.09. The molecule has 0 aliphatic carbocycles. The van der Waals surface area contributed by atoms with Gasteiger partial charge in [-0.05, 0) is 56.9 Å². The summed E-state index contributed by atoms with van der Waals surface area (Å²) in [4.78, 5) is 14.9. The molecule has 0 unspecified atom stereocenters. The highest BCUT2D eigenvalue weighted by atomic mass is 35.5. The third-order valence-electron chi connectivity index (χ3n) is 5.78. The number of aromatic nitrogens is 2. The lowest BCUT2D eigenvalue weighted by Crippen LogP contribution is -2.35. The lowest BCUT2D eigenvalue weighted by molar-refractivity contribution is -0.119. The van der Waals surface area contributed by atoms with Crippen LogP contribution in [0, 0.1) is 13.8 Å². The summed E-state index contributed by atoms with van der Waals surface area (Å²) in [6, 6.07) is 5.10. The molecule has 1 saturated heterocycles. The van der Waals surface area contributed by atoms with Crippen LogP contribution in [0.1, 0.15) is 36.2 Å². The molecule has 2 aliphatic rings. The van der Waals surface area contributed by atoms with Crippen molar-refractivity contribution in [1.29, 1.82) is 0 Å². The highest BCUT2D eigenvalue weighted by Crippen LogP contribution is 2.32. The number of hydrogen-bond donors (Lipinski definition) is 0. The summed E-state index contributed by atoms with van der Waals surface area (Å²) in [5.74, 6) is -0.0855. The van der Waals surface area contributed by atoms with Crippen LogP contribution in [0.3, 0.4) is 0 Å². The van der Waals surface area contributed by atoms with E-state index in [1.165, 1.54) is 0 Å². The lowest BCUT2D eigenvalue weighted by Gasteiger charge is -2.26. The van der Waals surface area contributed by atoms with Crippen LogP contribution >= 0.6 is 11.6 Å². The molecule has 0 bridgehead atoms. The molecule has 0 atom stereocenters. The minimum atomic E-state index is -3.48. The number of sulfonamides is 1. The van der Waals surface area contributed by atoms with Gasteiger partial charge in [0.15, 0.2) is 0 Å². The van der Waals surface area contributed by atoms with Gasteiger partial charge in [0.1, 0.15) is 6.54 Å². The first-order valence-electron chi connectivity index (χ1n) is 9.92. The third-order valence-corrected chi connectivity index (χ3v) is 8.22. The van der Waals surface area contributed by atoms with Crippen LogP contribution in [0.2, 0.25) is 5.02 Å². The Kier molecular flexibility index (Phi) is 5.44. The van der Waals surface area contributed by atoms with Gasteiger partial charge in [-0.3, -0.25) is 9.48 Å². The zero-order valence-corrected chi connectivity index (χ0v) is 18.3. The van der Waals surface area contributed by atoms with E-state index >= 15 is 0 Å². The van der Waals surface area contributed by atoms with Crippen molar-refractivity contribution in [2.75, 3.05) is 24.5 Å². The number of aryl methyl sites for hydroxylation is 1. The van der Waals surface area contributed by atoms with Crippen LogP contribution in [0.4, 0.5) is 5.69 Å². The average Bonchev–Trinajstić information content (AvgIpc) is 3.25. The van der Waals surface area contributed by atoms with E-state index in [-0.39, 0.29) is 12.5 Å². The molecule has 156 valence electrons. The first kappa shape index (κ1) is 20.4. The number of carbonyl (C=O) groups excluding carboxylic acids is 1. The van der Waals surface area contributed by atoms with E-state index < -0.39 is 10.0 Å². The van der Waals surface area contributed by atoms with E-state index in [2.05, 4.69) is 5.10 Å². The standard InChI is InChI=1S/C20H25ClN4O3S/c1-14-20(21)15(2)25(22-14)13-19(26)24-11-8-16-12-17(6-7-18(16)24)29(27,28)23-9-4-3-5-10-23/h6-7,12H,3-5,8-11,13H2,1-2H3. The molecule has 3 heterocycles. The Bertz CT molecular complexity index is 1060. The van der Waals surface area contributed by atoms with Crippen LogP contribution in [0.5, 0.6) is 0 Å². The SMILES string of the molecule is Cc1nn(CC(=O)N2CCc3cc(S(=O)(=O)N4CCCCC4)ccc32)c(C)c1Cl. The fourth-order valence-corrected chi connectivity index (χ4v) is 5.80. The van der Waals surface area contributed by atoms with E-state index in [0.717, 1.165) is 36.2 Å². The van der Waals surface area contributed by atoms with E-state index in [1.807, 2.05) is 13.8 Å². The largest absolute Gasteiger partial charge is 0.310 e. The minimum absolute atomic E-state index is 0.0855. The monoisotopic (exact) mass is 436 g/mol. The van der Waals surface area contributed by atoms with Gasteiger partial charge < -0.3 is 4.90 Å². The molecule has 29 heavy (non-hydrogen) atoms. The molecule has 1 aromatic carbocycles. The van der Waals surface area contributed by atoms with Gasteiger partial charge in [0, 0.05) is 25.3 Å². The van der Waals surface area contributed by atoms with E-state index in [4.69, 9.17) is 11.6 Å². The zero-order valence-electron chi connectivity index (χ0n) is 16.7. The molecule has 1 fully saturated rings. The molecular weight excluding hydrogens is 412 g/mol. The number of benzene rings is 1. The second-order valence-corrected chi connectivity index (χ2v) is 10.0. The highest BCUT2D eigenvalue weighted by Gasteiger charge is 2.30. The van der Waals surface area contributed by atoms with Crippen molar-refractivity contribution < 1.29 is 13.2 Å². The van der Waals surface area contributed by atoms with Gasteiger partial charge in [-0.2, -0.15) is 9.40 Å². The Morgan fingerprint density at radius 3 is 2.52 bits per heavy atom. The molecule has 0 N–H and O–H groups in total. The molecule has 2 aliphatic heterocycles. The van der Waals surface area contributed by atoms with Crippen molar-refractivity contribution >= 4 is 33.2 Å². The van der Waals surface area contributed by atoms with Crippen molar-refractivity contribution in [2.45, 2.75) is 51.0 Å². The number of nitrogens with zero attached hydrogens (tertiary/aromatic N) is 4. The first-order valence-corrected chi connectivity index (χ1v) is 11.7. The van der Waals surface area contributed by atoms with Gasteiger partial charge in [0.05, 0.1) is 21.3 Å². The number of amides is 1. The number of rotatable bonds is 4. The third kappa shape index (κ3) is 3.69. The van der Waals surface area contributed by atoms with Crippen molar-refractivity contribution in [3.63, 3.8) is 0 Å². The minimum Gasteiger partial charge on any atom is -0.310 e. The summed E-state index contributed by atoms with van der Waals surface area (Å²) in [5, 5.41) is 4.90. The first-order chi connectivity index (χ1) is 13.8. The van der Waals surface area contributed by atoms with Gasteiger partial charge in [0.25, 0.3) is 0 Å². The van der Waals surface area contributed by atoms with Gasteiger partial charge in [0.2, 0.25) is 15.9 Å². The van der Waals surface area contributed by atoms with Crippen molar-refractivity contribution in [3.05, 3.63) is 40.2 Å². The number of halogens is 1. The summed E-state index contributed by atoms with van der Waals surface area (Å²) in [5.41, 5.74) is 3.13. The van der Waals surface area contributed by atoms with Crippen LogP contribution in [0.15, 0.2) is 23.1 Å². The lowest BCUT2D eigenvalue weighted by atomic mass is 10.2. The van der Waals surface area contributed by atoms with Crippen LogP contribution < -0.4 is 4.90 Å².